The number of furan rings is 1. The van der Waals surface area contributed by atoms with Crippen molar-refractivity contribution in [1.29, 1.82) is 0 Å². The van der Waals surface area contributed by atoms with Crippen LogP contribution >= 0.6 is 11.8 Å². The van der Waals surface area contributed by atoms with Crippen molar-refractivity contribution in [2.24, 2.45) is 5.10 Å². The smallest absolute Gasteiger partial charge is 0.253 e. The van der Waals surface area contributed by atoms with Crippen LogP contribution in [0.15, 0.2) is 52.2 Å². The molecule has 0 bridgehead atoms. The highest BCUT2D eigenvalue weighted by Crippen LogP contribution is 2.33. The molecule has 0 saturated heterocycles. The second-order valence-corrected chi connectivity index (χ2v) is 6.77. The number of carbonyl (C=O) groups excluding carboxylic acids is 1. The van der Waals surface area contributed by atoms with Gasteiger partial charge in [-0.25, -0.2) is 5.01 Å². The SMILES string of the molecule is Cc1ccc(C2=NN(C(=O)CSCCO)[C@H](c3ccco3)C2)cc1. The number of carbonyl (C=O) groups is 1. The van der Waals surface area contributed by atoms with Gasteiger partial charge in [-0.15, -0.1) is 11.8 Å². The molecule has 3 rings (SSSR count). The molecule has 0 radical (unpaired) electrons. The van der Waals surface area contributed by atoms with Crippen LogP contribution in [0.4, 0.5) is 0 Å². The van der Waals surface area contributed by atoms with Crippen molar-refractivity contribution in [1.82, 2.24) is 5.01 Å². The summed E-state index contributed by atoms with van der Waals surface area (Å²) in [5.41, 5.74) is 3.10. The van der Waals surface area contributed by atoms with E-state index in [1.807, 2.05) is 43.3 Å². The second-order valence-electron chi connectivity index (χ2n) is 5.66. The summed E-state index contributed by atoms with van der Waals surface area (Å²) in [4.78, 5) is 12.5. The standard InChI is InChI=1S/C18H20N2O3S/c1-13-4-6-14(7-5-13)15-11-16(17-3-2-9-23-17)20(19-15)18(22)12-24-10-8-21/h2-7,9,16,21H,8,10-12H2,1H3/t16-/m0/s1. The lowest BCUT2D eigenvalue weighted by atomic mass is 10.0. The maximum absolute atomic E-state index is 12.5. The summed E-state index contributed by atoms with van der Waals surface area (Å²) < 4.78 is 5.51. The number of rotatable bonds is 6. The minimum Gasteiger partial charge on any atom is -0.467 e. The second kappa shape index (κ2) is 7.68. The number of hydrogen-bond donors (Lipinski definition) is 1. The van der Waals surface area contributed by atoms with Crippen LogP contribution < -0.4 is 0 Å². The van der Waals surface area contributed by atoms with E-state index in [0.717, 1.165) is 17.0 Å². The van der Waals surface area contributed by atoms with E-state index in [-0.39, 0.29) is 18.6 Å². The summed E-state index contributed by atoms with van der Waals surface area (Å²) in [7, 11) is 0. The highest BCUT2D eigenvalue weighted by atomic mass is 32.2. The molecule has 5 nitrogen and oxygen atoms in total. The molecule has 1 aromatic carbocycles. The van der Waals surface area contributed by atoms with Crippen LogP contribution in [-0.2, 0) is 4.79 Å². The quantitative estimate of drug-likeness (QED) is 0.818. The van der Waals surface area contributed by atoms with Gasteiger partial charge in [0.2, 0.25) is 0 Å². The fraction of sp³-hybridized carbons (Fsp3) is 0.333. The number of benzene rings is 1. The predicted octanol–water partition coefficient (Wildman–Crippen LogP) is 2.99. The van der Waals surface area contributed by atoms with Gasteiger partial charge in [0.1, 0.15) is 11.8 Å². The number of aliphatic hydroxyl groups is 1. The van der Waals surface area contributed by atoms with Crippen LogP contribution in [0.25, 0.3) is 0 Å². The summed E-state index contributed by atoms with van der Waals surface area (Å²) >= 11 is 1.41. The van der Waals surface area contributed by atoms with Gasteiger partial charge in [0.05, 0.1) is 24.3 Å². The van der Waals surface area contributed by atoms with Gasteiger partial charge in [0.15, 0.2) is 0 Å². The largest absolute Gasteiger partial charge is 0.467 e. The molecular formula is C18H20N2O3S. The Balaban J connectivity index is 1.82. The topological polar surface area (TPSA) is 66.0 Å². The zero-order valence-corrected chi connectivity index (χ0v) is 14.3. The molecule has 0 unspecified atom stereocenters. The van der Waals surface area contributed by atoms with Crippen LogP contribution in [-0.4, -0.2) is 39.8 Å². The lowest BCUT2D eigenvalue weighted by molar-refractivity contribution is -0.130. The third kappa shape index (κ3) is 3.71. The van der Waals surface area contributed by atoms with Gasteiger partial charge in [0.25, 0.3) is 5.91 Å². The molecule has 1 N–H and O–H groups in total. The van der Waals surface area contributed by atoms with Crippen LogP contribution in [0.3, 0.4) is 0 Å². The highest BCUT2D eigenvalue weighted by molar-refractivity contribution is 7.99. The fourth-order valence-electron chi connectivity index (χ4n) is 2.65. The number of amides is 1. The number of nitrogens with zero attached hydrogens (tertiary/aromatic N) is 2. The Kier molecular flexibility index (Phi) is 5.37. The van der Waals surface area contributed by atoms with Gasteiger partial charge >= 0.3 is 0 Å². The molecular weight excluding hydrogens is 324 g/mol. The number of hydrazone groups is 1. The van der Waals surface area contributed by atoms with E-state index < -0.39 is 0 Å². The Morgan fingerprint density at radius 1 is 1.38 bits per heavy atom. The molecule has 24 heavy (non-hydrogen) atoms. The van der Waals surface area contributed by atoms with Gasteiger partial charge in [-0.05, 0) is 24.6 Å². The van der Waals surface area contributed by atoms with Crippen molar-refractivity contribution in [2.75, 3.05) is 18.1 Å². The zero-order valence-electron chi connectivity index (χ0n) is 13.5. The Bertz CT molecular complexity index is 710. The molecule has 1 aliphatic heterocycles. The molecule has 1 amide bonds. The maximum atomic E-state index is 12.5. The van der Waals surface area contributed by atoms with Gasteiger partial charge in [-0.1, -0.05) is 29.8 Å². The lowest BCUT2D eigenvalue weighted by Gasteiger charge is -2.19. The van der Waals surface area contributed by atoms with Gasteiger partial charge in [0, 0.05) is 12.2 Å². The van der Waals surface area contributed by atoms with Crippen LogP contribution in [0.5, 0.6) is 0 Å². The summed E-state index contributed by atoms with van der Waals surface area (Å²) in [6.07, 6.45) is 2.25. The van der Waals surface area contributed by atoms with E-state index in [4.69, 9.17) is 9.52 Å². The van der Waals surface area contributed by atoms with E-state index in [0.29, 0.717) is 17.9 Å². The minimum atomic E-state index is -0.210. The normalized spacial score (nSPS) is 17.2. The summed E-state index contributed by atoms with van der Waals surface area (Å²) in [6.45, 7) is 2.11. The van der Waals surface area contributed by atoms with E-state index in [2.05, 4.69) is 5.10 Å². The Labute approximate surface area is 145 Å². The maximum Gasteiger partial charge on any atom is 0.253 e. The molecule has 126 valence electrons. The monoisotopic (exact) mass is 344 g/mol. The number of hydrogen-bond acceptors (Lipinski definition) is 5. The number of thioether (sulfide) groups is 1. The first-order valence-electron chi connectivity index (χ1n) is 7.87. The molecule has 2 aromatic rings. The molecule has 0 fully saturated rings. The third-order valence-electron chi connectivity index (χ3n) is 3.88. The zero-order chi connectivity index (χ0) is 16.9. The van der Waals surface area contributed by atoms with Crippen molar-refractivity contribution in [3.63, 3.8) is 0 Å². The highest BCUT2D eigenvalue weighted by Gasteiger charge is 2.34. The molecule has 0 spiro atoms. The minimum absolute atomic E-state index is 0.0669. The van der Waals surface area contributed by atoms with E-state index in [1.54, 1.807) is 6.26 Å². The van der Waals surface area contributed by atoms with Gasteiger partial charge in [-0.3, -0.25) is 4.79 Å². The molecule has 0 aliphatic carbocycles. The van der Waals surface area contributed by atoms with Crippen LogP contribution in [0.1, 0.15) is 29.3 Å². The molecule has 1 aliphatic rings. The average molecular weight is 344 g/mol. The Morgan fingerprint density at radius 3 is 2.83 bits per heavy atom. The van der Waals surface area contributed by atoms with Crippen molar-refractivity contribution in [3.8, 4) is 0 Å². The lowest BCUT2D eigenvalue weighted by Crippen LogP contribution is -2.28. The number of aliphatic hydroxyl groups excluding tert-OH is 1. The molecule has 1 aromatic heterocycles. The molecule has 1 atom stereocenters. The van der Waals surface area contributed by atoms with E-state index in [9.17, 15) is 4.79 Å². The Morgan fingerprint density at radius 2 is 2.17 bits per heavy atom. The van der Waals surface area contributed by atoms with Crippen LogP contribution in [0.2, 0.25) is 0 Å². The first kappa shape index (κ1) is 16.8. The van der Waals surface area contributed by atoms with E-state index in [1.165, 1.54) is 22.3 Å². The van der Waals surface area contributed by atoms with Crippen molar-refractivity contribution >= 4 is 23.4 Å². The number of aryl methyl sites for hydroxylation is 1. The van der Waals surface area contributed by atoms with Crippen LogP contribution in [0, 0.1) is 6.92 Å². The summed E-state index contributed by atoms with van der Waals surface area (Å²) in [6, 6.07) is 11.6. The average Bonchev–Trinajstić information content (AvgIpc) is 3.25. The van der Waals surface area contributed by atoms with Crippen molar-refractivity contribution in [3.05, 3.63) is 59.5 Å². The van der Waals surface area contributed by atoms with Gasteiger partial charge in [-0.2, -0.15) is 5.10 Å². The molecule has 2 heterocycles. The predicted molar refractivity (Wildman–Crippen MR) is 95.0 cm³/mol. The summed E-state index contributed by atoms with van der Waals surface area (Å²) in [5, 5.41) is 15.0. The van der Waals surface area contributed by atoms with E-state index >= 15 is 0 Å². The molecule has 0 saturated carbocycles. The van der Waals surface area contributed by atoms with Crippen molar-refractivity contribution in [2.45, 2.75) is 19.4 Å². The van der Waals surface area contributed by atoms with Crippen molar-refractivity contribution < 1.29 is 14.3 Å². The fourth-order valence-corrected chi connectivity index (χ4v) is 3.23. The first-order chi connectivity index (χ1) is 11.7. The Hall–Kier alpha value is -2.05. The summed E-state index contributed by atoms with van der Waals surface area (Å²) in [5.74, 6) is 1.50. The van der Waals surface area contributed by atoms with Gasteiger partial charge < -0.3 is 9.52 Å². The molecule has 6 heteroatoms. The first-order valence-corrected chi connectivity index (χ1v) is 9.03. The third-order valence-corrected chi connectivity index (χ3v) is 4.81.